The molecule has 1 aromatic rings. The van der Waals surface area contributed by atoms with Gasteiger partial charge in [0.05, 0.1) is 0 Å². The lowest BCUT2D eigenvalue weighted by atomic mass is 9.97. The highest BCUT2D eigenvalue weighted by molar-refractivity contribution is 5.82. The molecule has 4 heteroatoms. The molecule has 22 heavy (non-hydrogen) atoms. The highest BCUT2D eigenvalue weighted by Crippen LogP contribution is 2.21. The molecule has 1 aliphatic rings. The van der Waals surface area contributed by atoms with Crippen LogP contribution in [-0.2, 0) is 16.0 Å². The molecule has 1 saturated heterocycles. The Labute approximate surface area is 132 Å². The zero-order chi connectivity index (χ0) is 16.2. The highest BCUT2D eigenvalue weighted by atomic mass is 16.6. The first kappa shape index (κ1) is 16.5. The van der Waals surface area contributed by atoms with Crippen molar-refractivity contribution in [1.82, 2.24) is 4.90 Å². The van der Waals surface area contributed by atoms with E-state index in [2.05, 4.69) is 0 Å². The van der Waals surface area contributed by atoms with Gasteiger partial charge in [-0.2, -0.15) is 0 Å². The molecule has 0 aliphatic carbocycles. The molecule has 0 unspecified atom stereocenters. The SMILES string of the molecule is CC(C)(C)OC(=O)N1CC[C@H](C(=O)CCc2ccccc2)C1. The van der Waals surface area contributed by atoms with Gasteiger partial charge >= 0.3 is 6.09 Å². The fourth-order valence-electron chi connectivity index (χ4n) is 2.63. The van der Waals surface area contributed by atoms with Crippen LogP contribution in [0.25, 0.3) is 0 Å². The van der Waals surface area contributed by atoms with Crippen LogP contribution in [0.4, 0.5) is 4.79 Å². The fraction of sp³-hybridized carbons (Fsp3) is 0.556. The molecule has 0 bridgehead atoms. The third-order valence-corrected chi connectivity index (χ3v) is 3.80. The van der Waals surface area contributed by atoms with Crippen LogP contribution >= 0.6 is 0 Å². The minimum absolute atomic E-state index is 0.0452. The number of hydrogen-bond donors (Lipinski definition) is 0. The molecular weight excluding hydrogens is 278 g/mol. The van der Waals surface area contributed by atoms with Crippen molar-refractivity contribution in [1.29, 1.82) is 0 Å². The van der Waals surface area contributed by atoms with E-state index in [1.807, 2.05) is 51.1 Å². The number of Topliss-reactive ketones (excluding diaryl/α,β-unsaturated/α-hetero) is 1. The number of carbonyl (C=O) groups excluding carboxylic acids is 2. The Bertz CT molecular complexity index is 519. The van der Waals surface area contributed by atoms with E-state index < -0.39 is 5.60 Å². The first-order chi connectivity index (χ1) is 10.3. The van der Waals surface area contributed by atoms with Gasteiger partial charge in [0.2, 0.25) is 0 Å². The Balaban J connectivity index is 1.80. The summed E-state index contributed by atoms with van der Waals surface area (Å²) in [4.78, 5) is 25.9. The minimum atomic E-state index is -0.494. The minimum Gasteiger partial charge on any atom is -0.444 e. The van der Waals surface area contributed by atoms with E-state index >= 15 is 0 Å². The van der Waals surface area contributed by atoms with E-state index in [0.29, 0.717) is 19.5 Å². The molecule has 120 valence electrons. The average molecular weight is 303 g/mol. The smallest absolute Gasteiger partial charge is 0.410 e. The number of ether oxygens (including phenoxy) is 1. The molecule has 1 atom stereocenters. The Hall–Kier alpha value is -1.84. The predicted octanol–water partition coefficient (Wildman–Crippen LogP) is 3.45. The van der Waals surface area contributed by atoms with Gasteiger partial charge in [0.1, 0.15) is 11.4 Å². The predicted molar refractivity (Wildman–Crippen MR) is 85.7 cm³/mol. The number of rotatable bonds is 4. The second kappa shape index (κ2) is 6.95. The van der Waals surface area contributed by atoms with Gasteiger partial charge in [-0.3, -0.25) is 4.79 Å². The summed E-state index contributed by atoms with van der Waals surface area (Å²) in [7, 11) is 0. The first-order valence-electron chi connectivity index (χ1n) is 7.90. The van der Waals surface area contributed by atoms with Gasteiger partial charge in [0.15, 0.2) is 0 Å². The van der Waals surface area contributed by atoms with E-state index in [-0.39, 0.29) is 17.8 Å². The summed E-state index contributed by atoms with van der Waals surface area (Å²) in [6.07, 6.45) is 1.73. The van der Waals surface area contributed by atoms with E-state index in [4.69, 9.17) is 4.74 Å². The fourth-order valence-corrected chi connectivity index (χ4v) is 2.63. The number of nitrogens with zero attached hydrogens (tertiary/aromatic N) is 1. The second-order valence-electron chi connectivity index (χ2n) is 6.86. The van der Waals surface area contributed by atoms with E-state index in [1.54, 1.807) is 4.90 Å². The molecule has 0 saturated carbocycles. The van der Waals surface area contributed by atoms with Crippen LogP contribution in [0.5, 0.6) is 0 Å². The molecule has 1 aliphatic heterocycles. The molecule has 0 radical (unpaired) electrons. The van der Waals surface area contributed by atoms with Gasteiger partial charge in [0.25, 0.3) is 0 Å². The molecule has 2 rings (SSSR count). The van der Waals surface area contributed by atoms with Crippen molar-refractivity contribution in [3.63, 3.8) is 0 Å². The Morgan fingerprint density at radius 2 is 1.91 bits per heavy atom. The molecule has 1 heterocycles. The average Bonchev–Trinajstić information content (AvgIpc) is 2.94. The summed E-state index contributed by atoms with van der Waals surface area (Å²) < 4.78 is 5.35. The van der Waals surface area contributed by atoms with Crippen molar-refractivity contribution in [2.24, 2.45) is 5.92 Å². The lowest BCUT2D eigenvalue weighted by Crippen LogP contribution is -2.35. The zero-order valence-electron chi connectivity index (χ0n) is 13.7. The normalized spacial score (nSPS) is 18.3. The molecule has 1 aromatic carbocycles. The second-order valence-corrected chi connectivity index (χ2v) is 6.86. The van der Waals surface area contributed by atoms with Crippen LogP contribution in [0.3, 0.4) is 0 Å². The number of hydrogen-bond acceptors (Lipinski definition) is 3. The van der Waals surface area contributed by atoms with Gasteiger partial charge < -0.3 is 9.64 Å². The molecular formula is C18H25NO3. The lowest BCUT2D eigenvalue weighted by Gasteiger charge is -2.24. The van der Waals surface area contributed by atoms with Crippen LogP contribution < -0.4 is 0 Å². The maximum atomic E-state index is 12.3. The summed E-state index contributed by atoms with van der Waals surface area (Å²) in [6.45, 7) is 6.65. The third kappa shape index (κ3) is 4.86. The first-order valence-corrected chi connectivity index (χ1v) is 7.90. The van der Waals surface area contributed by atoms with E-state index in [9.17, 15) is 9.59 Å². The maximum Gasteiger partial charge on any atom is 0.410 e. The topological polar surface area (TPSA) is 46.6 Å². The van der Waals surface area contributed by atoms with Gasteiger partial charge in [-0.25, -0.2) is 4.79 Å². The summed E-state index contributed by atoms with van der Waals surface area (Å²) >= 11 is 0. The van der Waals surface area contributed by atoms with Gasteiger partial charge in [-0.05, 0) is 39.2 Å². The van der Waals surface area contributed by atoms with Crippen molar-refractivity contribution >= 4 is 11.9 Å². The largest absolute Gasteiger partial charge is 0.444 e. The third-order valence-electron chi connectivity index (χ3n) is 3.80. The van der Waals surface area contributed by atoms with Crippen LogP contribution in [0.2, 0.25) is 0 Å². The quantitative estimate of drug-likeness (QED) is 0.856. The number of amides is 1. The summed E-state index contributed by atoms with van der Waals surface area (Å²) in [6, 6.07) is 10.0. The molecule has 0 N–H and O–H groups in total. The maximum absolute atomic E-state index is 12.3. The zero-order valence-corrected chi connectivity index (χ0v) is 13.7. The molecule has 0 spiro atoms. The van der Waals surface area contributed by atoms with Gasteiger partial charge in [0, 0.05) is 25.4 Å². The standard InChI is InChI=1S/C18H25NO3/c1-18(2,3)22-17(21)19-12-11-15(13-19)16(20)10-9-14-7-5-4-6-8-14/h4-8,15H,9-13H2,1-3H3/t15-/m0/s1. The summed E-state index contributed by atoms with van der Waals surface area (Å²) in [5.74, 6) is 0.200. The molecule has 4 nitrogen and oxygen atoms in total. The molecule has 1 amide bonds. The number of aryl methyl sites for hydroxylation is 1. The van der Waals surface area contributed by atoms with Gasteiger partial charge in [-0.15, -0.1) is 0 Å². The van der Waals surface area contributed by atoms with Crippen LogP contribution in [0, 0.1) is 5.92 Å². The van der Waals surface area contributed by atoms with Crippen molar-refractivity contribution in [2.45, 2.75) is 45.6 Å². The number of likely N-dealkylation sites (tertiary alicyclic amines) is 1. The van der Waals surface area contributed by atoms with Crippen LogP contribution in [0.15, 0.2) is 30.3 Å². The molecule has 0 aromatic heterocycles. The summed E-state index contributed by atoms with van der Waals surface area (Å²) in [5.41, 5.74) is 0.685. The van der Waals surface area contributed by atoms with E-state index in [0.717, 1.165) is 12.8 Å². The van der Waals surface area contributed by atoms with Crippen molar-refractivity contribution in [3.8, 4) is 0 Å². The Kier molecular flexibility index (Phi) is 5.22. The monoisotopic (exact) mass is 303 g/mol. The Morgan fingerprint density at radius 1 is 1.23 bits per heavy atom. The Morgan fingerprint density at radius 3 is 2.55 bits per heavy atom. The van der Waals surface area contributed by atoms with E-state index in [1.165, 1.54) is 5.56 Å². The number of ketones is 1. The molecule has 1 fully saturated rings. The number of benzene rings is 1. The van der Waals surface area contributed by atoms with Crippen molar-refractivity contribution < 1.29 is 14.3 Å². The lowest BCUT2D eigenvalue weighted by molar-refractivity contribution is -0.122. The summed E-state index contributed by atoms with van der Waals surface area (Å²) in [5, 5.41) is 0. The van der Waals surface area contributed by atoms with Crippen molar-refractivity contribution in [2.75, 3.05) is 13.1 Å². The van der Waals surface area contributed by atoms with Crippen LogP contribution in [0.1, 0.15) is 39.2 Å². The highest BCUT2D eigenvalue weighted by Gasteiger charge is 2.32. The van der Waals surface area contributed by atoms with Crippen LogP contribution in [-0.4, -0.2) is 35.5 Å². The van der Waals surface area contributed by atoms with Crippen molar-refractivity contribution in [3.05, 3.63) is 35.9 Å². The number of carbonyl (C=O) groups is 2. The van der Waals surface area contributed by atoms with Gasteiger partial charge in [-0.1, -0.05) is 30.3 Å².